The first kappa shape index (κ1) is 18.8. The highest BCUT2D eigenvalue weighted by Gasteiger charge is 2.15. The molecule has 4 aromatic rings. The number of aromatic nitrogens is 3. The van der Waals surface area contributed by atoms with Crippen molar-refractivity contribution in [3.8, 4) is 22.7 Å². The zero-order valence-electron chi connectivity index (χ0n) is 14.8. The van der Waals surface area contributed by atoms with Gasteiger partial charge in [-0.1, -0.05) is 30.3 Å². The topological polar surface area (TPSA) is 69.0 Å². The van der Waals surface area contributed by atoms with E-state index in [4.69, 9.17) is 0 Å². The number of nitrogens with zero attached hydrogens (tertiary/aromatic N) is 3. The summed E-state index contributed by atoms with van der Waals surface area (Å²) in [4.78, 5) is 16.8. The zero-order valence-corrected chi connectivity index (χ0v) is 15.6. The molecule has 9 heteroatoms. The number of hydrogen-bond donors (Lipinski definition) is 1. The average molecular weight is 412 g/mol. The molecule has 0 saturated carbocycles. The third-order valence-electron chi connectivity index (χ3n) is 3.97. The molecule has 0 unspecified atom stereocenters. The van der Waals surface area contributed by atoms with E-state index in [0.717, 1.165) is 5.69 Å². The molecule has 0 atom stereocenters. The van der Waals surface area contributed by atoms with E-state index in [0.29, 0.717) is 22.0 Å². The van der Waals surface area contributed by atoms with Crippen LogP contribution in [0.15, 0.2) is 72.4 Å². The summed E-state index contributed by atoms with van der Waals surface area (Å²) in [5.74, 6) is -0.347. The molecule has 1 amide bonds. The van der Waals surface area contributed by atoms with Gasteiger partial charge in [-0.3, -0.25) is 10.1 Å². The van der Waals surface area contributed by atoms with Crippen LogP contribution in [-0.4, -0.2) is 27.3 Å². The number of anilines is 1. The van der Waals surface area contributed by atoms with Gasteiger partial charge in [0.2, 0.25) is 0 Å². The third kappa shape index (κ3) is 4.30. The van der Waals surface area contributed by atoms with E-state index in [1.54, 1.807) is 34.5 Å². The fourth-order valence-electron chi connectivity index (χ4n) is 2.66. The van der Waals surface area contributed by atoms with Crippen molar-refractivity contribution in [1.82, 2.24) is 14.8 Å². The Labute approximate surface area is 168 Å². The number of ether oxygens (including phenoxy) is 1. The van der Waals surface area contributed by atoms with Crippen LogP contribution in [0.1, 0.15) is 10.4 Å². The van der Waals surface area contributed by atoms with Gasteiger partial charge in [0.1, 0.15) is 5.75 Å². The maximum atomic E-state index is 12.6. The second kappa shape index (κ2) is 8.19. The lowest BCUT2D eigenvalue weighted by Gasteiger charge is -2.08. The highest BCUT2D eigenvalue weighted by molar-refractivity contribution is 7.14. The number of carbonyl (C=O) groups is 1. The molecule has 2 aromatic carbocycles. The number of hydrogen-bond acceptors (Lipinski definition) is 5. The molecule has 0 spiro atoms. The molecule has 1 N–H and O–H groups in total. The largest absolute Gasteiger partial charge is 0.434 e. The summed E-state index contributed by atoms with van der Waals surface area (Å²) in [5, 5.41) is 8.89. The predicted molar refractivity (Wildman–Crippen MR) is 106 cm³/mol. The molecular formula is C20H14F2N4O2S. The monoisotopic (exact) mass is 412 g/mol. The van der Waals surface area contributed by atoms with Crippen molar-refractivity contribution >= 4 is 22.4 Å². The summed E-state index contributed by atoms with van der Waals surface area (Å²) in [6.45, 7) is -2.94. The van der Waals surface area contributed by atoms with Crippen molar-refractivity contribution in [2.75, 3.05) is 5.32 Å². The van der Waals surface area contributed by atoms with E-state index in [1.807, 2.05) is 30.3 Å². The molecule has 0 fully saturated rings. The lowest BCUT2D eigenvalue weighted by Crippen LogP contribution is -2.10. The van der Waals surface area contributed by atoms with Gasteiger partial charge in [-0.15, -0.1) is 11.3 Å². The van der Waals surface area contributed by atoms with Gasteiger partial charge in [-0.2, -0.15) is 13.9 Å². The van der Waals surface area contributed by atoms with Crippen LogP contribution in [0.3, 0.4) is 0 Å². The molecule has 0 aliphatic carbocycles. The van der Waals surface area contributed by atoms with Crippen LogP contribution in [0.2, 0.25) is 0 Å². The SMILES string of the molecule is O=C(Nc1nc(-c2ccccc2OC(F)F)cs1)c1cnn(-c2ccccc2)c1. The molecule has 4 rings (SSSR count). The highest BCUT2D eigenvalue weighted by atomic mass is 32.1. The molecule has 6 nitrogen and oxygen atoms in total. The van der Waals surface area contributed by atoms with Gasteiger partial charge < -0.3 is 4.74 Å². The summed E-state index contributed by atoms with van der Waals surface area (Å²) < 4.78 is 31.3. The Balaban J connectivity index is 1.50. The summed E-state index contributed by atoms with van der Waals surface area (Å²) in [5.41, 5.74) is 2.05. The fraction of sp³-hybridized carbons (Fsp3) is 0.0500. The van der Waals surface area contributed by atoms with Crippen molar-refractivity contribution in [2.45, 2.75) is 6.61 Å². The normalized spacial score (nSPS) is 10.9. The van der Waals surface area contributed by atoms with Crippen molar-refractivity contribution < 1.29 is 18.3 Å². The summed E-state index contributed by atoms with van der Waals surface area (Å²) in [7, 11) is 0. The quantitative estimate of drug-likeness (QED) is 0.492. The number of benzene rings is 2. The summed E-state index contributed by atoms with van der Waals surface area (Å²) >= 11 is 1.18. The Kier molecular flexibility index (Phi) is 5.30. The fourth-order valence-corrected chi connectivity index (χ4v) is 3.37. The zero-order chi connectivity index (χ0) is 20.2. The van der Waals surface area contributed by atoms with Crippen molar-refractivity contribution in [3.05, 3.63) is 77.9 Å². The van der Waals surface area contributed by atoms with E-state index < -0.39 is 6.61 Å². The number of thiazole rings is 1. The van der Waals surface area contributed by atoms with Gasteiger partial charge in [0.05, 0.1) is 23.1 Å². The number of nitrogens with one attached hydrogen (secondary N) is 1. The lowest BCUT2D eigenvalue weighted by atomic mass is 10.1. The van der Waals surface area contributed by atoms with Crippen molar-refractivity contribution in [3.63, 3.8) is 0 Å². The molecule has 0 aliphatic heterocycles. The maximum Gasteiger partial charge on any atom is 0.387 e. The van der Waals surface area contributed by atoms with Gasteiger partial charge in [-0.05, 0) is 24.3 Å². The lowest BCUT2D eigenvalue weighted by molar-refractivity contribution is -0.0494. The number of para-hydroxylation sites is 2. The number of halogens is 2. The molecular weight excluding hydrogens is 398 g/mol. The average Bonchev–Trinajstić information content (AvgIpc) is 3.38. The van der Waals surface area contributed by atoms with Gasteiger partial charge >= 0.3 is 6.61 Å². The standard InChI is InChI=1S/C20H14F2N4O2S/c21-19(22)28-17-9-5-4-8-15(17)16-12-29-20(24-16)25-18(27)13-10-23-26(11-13)14-6-2-1-3-7-14/h1-12,19H,(H,24,25,27). The Morgan fingerprint density at radius 1 is 1.10 bits per heavy atom. The number of rotatable bonds is 6. The number of amides is 1. The van der Waals surface area contributed by atoms with Gasteiger partial charge in [0, 0.05) is 17.1 Å². The van der Waals surface area contributed by atoms with Crippen LogP contribution in [0.25, 0.3) is 16.9 Å². The van der Waals surface area contributed by atoms with E-state index in [2.05, 4.69) is 20.1 Å². The van der Waals surface area contributed by atoms with Crippen LogP contribution in [0, 0.1) is 0 Å². The maximum absolute atomic E-state index is 12.6. The minimum Gasteiger partial charge on any atom is -0.434 e. The molecule has 0 saturated heterocycles. The molecule has 146 valence electrons. The van der Waals surface area contributed by atoms with Crippen LogP contribution in [0.5, 0.6) is 5.75 Å². The molecule has 2 heterocycles. The smallest absolute Gasteiger partial charge is 0.387 e. The van der Waals surface area contributed by atoms with E-state index in [9.17, 15) is 13.6 Å². The predicted octanol–water partition coefficient (Wildman–Crippen LogP) is 4.85. The molecule has 0 radical (unpaired) electrons. The first-order valence-corrected chi connectivity index (χ1v) is 9.39. The van der Waals surface area contributed by atoms with Crippen molar-refractivity contribution in [2.24, 2.45) is 0 Å². The van der Waals surface area contributed by atoms with Crippen LogP contribution in [-0.2, 0) is 0 Å². The minimum atomic E-state index is -2.94. The Bertz CT molecular complexity index is 1130. The van der Waals surface area contributed by atoms with E-state index in [-0.39, 0.29) is 11.7 Å². The summed E-state index contributed by atoms with van der Waals surface area (Å²) in [6, 6.07) is 15.8. The Hall–Kier alpha value is -3.59. The molecule has 0 aliphatic rings. The number of carbonyl (C=O) groups excluding carboxylic acids is 1. The van der Waals surface area contributed by atoms with Gasteiger partial charge in [0.25, 0.3) is 5.91 Å². The van der Waals surface area contributed by atoms with Gasteiger partial charge in [-0.25, -0.2) is 9.67 Å². The molecule has 29 heavy (non-hydrogen) atoms. The second-order valence-electron chi connectivity index (χ2n) is 5.88. The van der Waals surface area contributed by atoms with E-state index in [1.165, 1.54) is 23.6 Å². The van der Waals surface area contributed by atoms with Crippen LogP contribution >= 0.6 is 11.3 Å². The summed E-state index contributed by atoms with van der Waals surface area (Å²) in [6.07, 6.45) is 3.08. The number of alkyl halides is 2. The molecule has 0 bridgehead atoms. The van der Waals surface area contributed by atoms with Crippen LogP contribution in [0.4, 0.5) is 13.9 Å². The van der Waals surface area contributed by atoms with Gasteiger partial charge in [0.15, 0.2) is 5.13 Å². The minimum absolute atomic E-state index is 0.0230. The molecule has 2 aromatic heterocycles. The van der Waals surface area contributed by atoms with Crippen LogP contribution < -0.4 is 10.1 Å². The highest BCUT2D eigenvalue weighted by Crippen LogP contribution is 2.33. The third-order valence-corrected chi connectivity index (χ3v) is 4.73. The first-order valence-electron chi connectivity index (χ1n) is 8.51. The Morgan fingerprint density at radius 2 is 1.86 bits per heavy atom. The van der Waals surface area contributed by atoms with E-state index >= 15 is 0 Å². The Morgan fingerprint density at radius 3 is 2.66 bits per heavy atom. The second-order valence-corrected chi connectivity index (χ2v) is 6.73. The van der Waals surface area contributed by atoms with Crippen molar-refractivity contribution in [1.29, 1.82) is 0 Å². The first-order chi connectivity index (χ1) is 14.1.